The van der Waals surface area contributed by atoms with Gasteiger partial charge in [0.2, 0.25) is 0 Å². The quantitative estimate of drug-likeness (QED) is 0.614. The fourth-order valence-corrected chi connectivity index (χ4v) is 8.30. The summed E-state index contributed by atoms with van der Waals surface area (Å²) < 4.78 is 0. The molecule has 3 nitrogen and oxygen atoms in total. The van der Waals surface area contributed by atoms with E-state index < -0.39 is 0 Å². The third kappa shape index (κ3) is 2.07. The molecule has 1 aromatic heterocycles. The van der Waals surface area contributed by atoms with Crippen LogP contribution >= 0.6 is 34.5 Å². The molecule has 4 aliphatic carbocycles. The number of rotatable bonds is 3. The highest BCUT2D eigenvalue weighted by atomic mass is 35.5. The summed E-state index contributed by atoms with van der Waals surface area (Å²) >= 11 is 13.9. The molecular formula is C22H24Cl2N2OS. The second kappa shape index (κ2) is 5.74. The van der Waals surface area contributed by atoms with Crippen LogP contribution < -0.4 is 5.32 Å². The summed E-state index contributed by atoms with van der Waals surface area (Å²) in [5.74, 6) is 1.24. The van der Waals surface area contributed by atoms with Crippen LogP contribution in [0.15, 0.2) is 23.6 Å². The van der Waals surface area contributed by atoms with E-state index in [9.17, 15) is 4.79 Å². The molecule has 0 saturated heterocycles. The molecule has 2 unspecified atom stereocenters. The van der Waals surface area contributed by atoms with Crippen LogP contribution in [0.3, 0.4) is 0 Å². The Bertz CT molecular complexity index is 1000. The molecule has 4 aliphatic rings. The van der Waals surface area contributed by atoms with Crippen LogP contribution in [-0.4, -0.2) is 16.9 Å². The average Bonchev–Trinajstić information content (AvgIpc) is 3.35. The average molecular weight is 435 g/mol. The van der Waals surface area contributed by atoms with Crippen LogP contribution in [0, 0.1) is 28.1 Å². The maximum absolute atomic E-state index is 13.1. The summed E-state index contributed by atoms with van der Waals surface area (Å²) in [6, 6.07) is 5.67. The van der Waals surface area contributed by atoms with Gasteiger partial charge in [-0.1, -0.05) is 63.0 Å². The Labute approximate surface area is 179 Å². The molecule has 28 heavy (non-hydrogen) atoms. The van der Waals surface area contributed by atoms with Crippen molar-refractivity contribution in [1.82, 2.24) is 10.3 Å². The smallest absolute Gasteiger partial charge is 0.271 e. The predicted octanol–water partition coefficient (Wildman–Crippen LogP) is 6.31. The Morgan fingerprint density at radius 3 is 2.57 bits per heavy atom. The number of carbonyl (C=O) groups is 1. The Hall–Kier alpha value is -1.10. The number of benzene rings is 1. The Kier molecular flexibility index (Phi) is 3.87. The highest BCUT2D eigenvalue weighted by Gasteiger charge is 2.81. The molecule has 4 saturated carbocycles. The first-order valence-corrected chi connectivity index (χ1v) is 11.5. The van der Waals surface area contributed by atoms with Gasteiger partial charge in [-0.3, -0.25) is 4.79 Å². The summed E-state index contributed by atoms with van der Waals surface area (Å²) in [4.78, 5) is 17.7. The molecule has 1 heterocycles. The highest BCUT2D eigenvalue weighted by Crippen LogP contribution is 2.83. The maximum atomic E-state index is 13.1. The molecule has 0 radical (unpaired) electrons. The van der Waals surface area contributed by atoms with Gasteiger partial charge < -0.3 is 5.32 Å². The van der Waals surface area contributed by atoms with E-state index in [0.29, 0.717) is 38.0 Å². The van der Waals surface area contributed by atoms with E-state index in [1.165, 1.54) is 24.2 Å². The van der Waals surface area contributed by atoms with Gasteiger partial charge in [-0.25, -0.2) is 4.98 Å². The SMILES string of the molecule is C[C@H]1C2(C)[C@@H]3CC(C)([C@H]2NC(=O)c2csc(-c4cccc(Cl)c4Cl)n2)[C@]1(C)C3. The molecule has 0 aliphatic heterocycles. The number of carbonyl (C=O) groups excluding carboxylic acids is 1. The monoisotopic (exact) mass is 434 g/mol. The lowest BCUT2D eigenvalue weighted by atomic mass is 9.66. The highest BCUT2D eigenvalue weighted by molar-refractivity contribution is 7.13. The molecule has 4 fully saturated rings. The Balaban J connectivity index is 1.43. The summed E-state index contributed by atoms with van der Waals surface area (Å²) in [6.07, 6.45) is 2.51. The number of halogens is 2. The van der Waals surface area contributed by atoms with Gasteiger partial charge >= 0.3 is 0 Å². The molecule has 6 rings (SSSR count). The molecule has 0 spiro atoms. The van der Waals surface area contributed by atoms with Crippen LogP contribution in [0.25, 0.3) is 10.6 Å². The fraction of sp³-hybridized carbons (Fsp3) is 0.545. The first-order valence-electron chi connectivity index (χ1n) is 9.83. The van der Waals surface area contributed by atoms with E-state index in [2.05, 4.69) is 38.0 Å². The van der Waals surface area contributed by atoms with E-state index in [4.69, 9.17) is 23.2 Å². The van der Waals surface area contributed by atoms with Gasteiger partial charge in [0.15, 0.2) is 0 Å². The van der Waals surface area contributed by atoms with Crippen molar-refractivity contribution < 1.29 is 4.79 Å². The van der Waals surface area contributed by atoms with Crippen LogP contribution in [0.4, 0.5) is 0 Å². The van der Waals surface area contributed by atoms with E-state index in [-0.39, 0.29) is 22.8 Å². The van der Waals surface area contributed by atoms with Crippen molar-refractivity contribution in [2.45, 2.75) is 46.6 Å². The lowest BCUT2D eigenvalue weighted by Gasteiger charge is -2.40. The molecule has 148 valence electrons. The number of aromatic nitrogens is 1. The number of hydrogen-bond acceptors (Lipinski definition) is 3. The third-order valence-corrected chi connectivity index (χ3v) is 10.6. The summed E-state index contributed by atoms with van der Waals surface area (Å²) in [7, 11) is 0. The van der Waals surface area contributed by atoms with Crippen molar-refractivity contribution in [1.29, 1.82) is 0 Å². The predicted molar refractivity (Wildman–Crippen MR) is 115 cm³/mol. The van der Waals surface area contributed by atoms with Crippen molar-refractivity contribution in [3.05, 3.63) is 39.3 Å². The van der Waals surface area contributed by atoms with Crippen molar-refractivity contribution in [2.24, 2.45) is 28.1 Å². The van der Waals surface area contributed by atoms with Gasteiger partial charge in [0.05, 0.1) is 10.0 Å². The zero-order valence-corrected chi connectivity index (χ0v) is 18.8. The van der Waals surface area contributed by atoms with Crippen LogP contribution in [0.1, 0.15) is 51.0 Å². The zero-order chi connectivity index (χ0) is 20.1. The van der Waals surface area contributed by atoms with Gasteiger partial charge in [0.25, 0.3) is 5.91 Å². The lowest BCUT2D eigenvalue weighted by Crippen LogP contribution is -2.50. The largest absolute Gasteiger partial charge is 0.347 e. The number of nitrogens with zero attached hydrogens (tertiary/aromatic N) is 1. The fourth-order valence-electron chi connectivity index (χ4n) is 7.02. The van der Waals surface area contributed by atoms with Gasteiger partial charge in [-0.05, 0) is 47.0 Å². The van der Waals surface area contributed by atoms with E-state index in [0.717, 1.165) is 5.56 Å². The maximum Gasteiger partial charge on any atom is 0.271 e. The van der Waals surface area contributed by atoms with Gasteiger partial charge in [-0.2, -0.15) is 0 Å². The topological polar surface area (TPSA) is 42.0 Å². The molecule has 6 heteroatoms. The zero-order valence-electron chi connectivity index (χ0n) is 16.5. The van der Waals surface area contributed by atoms with Crippen LogP contribution in [0.2, 0.25) is 10.0 Å². The van der Waals surface area contributed by atoms with Gasteiger partial charge in [0, 0.05) is 17.0 Å². The molecule has 4 bridgehead atoms. The van der Waals surface area contributed by atoms with Crippen molar-refractivity contribution in [2.75, 3.05) is 0 Å². The van der Waals surface area contributed by atoms with Crippen LogP contribution in [0.5, 0.6) is 0 Å². The van der Waals surface area contributed by atoms with E-state index in [1.807, 2.05) is 17.5 Å². The van der Waals surface area contributed by atoms with Crippen molar-refractivity contribution in [3.8, 4) is 10.6 Å². The minimum Gasteiger partial charge on any atom is -0.347 e. The first-order chi connectivity index (χ1) is 13.1. The van der Waals surface area contributed by atoms with E-state index in [1.54, 1.807) is 6.07 Å². The van der Waals surface area contributed by atoms with Gasteiger partial charge in [0.1, 0.15) is 10.7 Å². The van der Waals surface area contributed by atoms with Crippen molar-refractivity contribution in [3.63, 3.8) is 0 Å². The third-order valence-electron chi connectivity index (χ3n) is 8.87. The minimum absolute atomic E-state index is 0.0814. The van der Waals surface area contributed by atoms with E-state index >= 15 is 0 Å². The first kappa shape index (κ1) is 18.9. The molecule has 2 aromatic rings. The molecule has 1 N–H and O–H groups in total. The lowest BCUT2D eigenvalue weighted by molar-refractivity contribution is 0.0767. The normalized spacial score (nSPS) is 40.4. The Morgan fingerprint density at radius 2 is 1.93 bits per heavy atom. The molecule has 6 atom stereocenters. The minimum atomic E-state index is -0.0814. The molecule has 1 aromatic carbocycles. The molecule has 1 amide bonds. The standard InChI is InChI=1S/C22H24Cl2N2OS/c1-11-20(2)8-12-9-21(20,3)19(22(11,12)4)26-17(27)15-10-28-18(25-15)13-6-5-7-14(23)16(13)24/h5-7,10-12,19H,8-9H2,1-4H3,(H,26,27)/t11-,12+,19-,20-,21?,22?/m1/s1. The summed E-state index contributed by atoms with van der Waals surface area (Å²) in [6.45, 7) is 9.57. The second-order valence-electron chi connectivity index (χ2n) is 9.57. The second-order valence-corrected chi connectivity index (χ2v) is 11.2. The number of amides is 1. The summed E-state index contributed by atoms with van der Waals surface area (Å²) in [5.41, 5.74) is 1.87. The summed E-state index contributed by atoms with van der Waals surface area (Å²) in [5, 5.41) is 6.89. The van der Waals surface area contributed by atoms with Crippen LogP contribution in [-0.2, 0) is 0 Å². The number of thiazole rings is 1. The molecular weight excluding hydrogens is 411 g/mol. The van der Waals surface area contributed by atoms with Gasteiger partial charge in [-0.15, -0.1) is 11.3 Å². The van der Waals surface area contributed by atoms with Crippen molar-refractivity contribution >= 4 is 40.4 Å². The number of hydrogen-bond donors (Lipinski definition) is 1. The number of nitrogens with one attached hydrogen (secondary N) is 1. The Morgan fingerprint density at radius 1 is 1.21 bits per heavy atom.